The molecular formula is C53H34N4. The van der Waals surface area contributed by atoms with Gasteiger partial charge in [-0.1, -0.05) is 158 Å². The fourth-order valence-electron chi connectivity index (χ4n) is 7.78. The Bertz CT molecular complexity index is 2940. The minimum atomic E-state index is 0.616. The minimum absolute atomic E-state index is 0.616. The van der Waals surface area contributed by atoms with Gasteiger partial charge in [-0.05, 0) is 81.9 Å². The summed E-state index contributed by atoms with van der Waals surface area (Å²) in [5.41, 5.74) is 15.0. The third-order valence-corrected chi connectivity index (χ3v) is 10.6. The monoisotopic (exact) mass is 726 g/mol. The Hall–Kier alpha value is -7.87. The normalized spacial score (nSPS) is 11.1. The van der Waals surface area contributed by atoms with Crippen LogP contribution in [-0.4, -0.2) is 14.5 Å². The quantitative estimate of drug-likeness (QED) is 0.164. The molecule has 0 aliphatic carbocycles. The number of nitrogens with zero attached hydrogens (tertiary/aromatic N) is 4. The predicted octanol–water partition coefficient (Wildman–Crippen LogP) is 13.4. The lowest BCUT2D eigenvalue weighted by molar-refractivity contribution is 1.16. The number of aromatic nitrogens is 3. The third kappa shape index (κ3) is 6.44. The van der Waals surface area contributed by atoms with Gasteiger partial charge in [0.1, 0.15) is 0 Å². The maximum atomic E-state index is 9.64. The van der Waals surface area contributed by atoms with Crippen LogP contribution in [0.5, 0.6) is 0 Å². The van der Waals surface area contributed by atoms with E-state index in [1.807, 2.05) is 60.7 Å². The van der Waals surface area contributed by atoms with E-state index >= 15 is 0 Å². The van der Waals surface area contributed by atoms with Crippen molar-refractivity contribution in [1.82, 2.24) is 14.5 Å². The number of benzene rings is 8. The van der Waals surface area contributed by atoms with E-state index < -0.39 is 0 Å². The van der Waals surface area contributed by atoms with Crippen molar-refractivity contribution in [3.8, 4) is 79.0 Å². The molecule has 2 aromatic heterocycles. The van der Waals surface area contributed by atoms with Gasteiger partial charge in [-0.15, -0.1) is 0 Å². The van der Waals surface area contributed by atoms with E-state index in [4.69, 9.17) is 9.97 Å². The van der Waals surface area contributed by atoms with Crippen LogP contribution in [0.1, 0.15) is 5.56 Å². The highest BCUT2D eigenvalue weighted by atomic mass is 15.0. The topological polar surface area (TPSA) is 54.5 Å². The predicted molar refractivity (Wildman–Crippen MR) is 234 cm³/mol. The molecule has 57 heavy (non-hydrogen) atoms. The first kappa shape index (κ1) is 33.7. The lowest BCUT2D eigenvalue weighted by Crippen LogP contribution is -1.99. The Labute approximate surface area is 331 Å². The van der Waals surface area contributed by atoms with Crippen molar-refractivity contribution < 1.29 is 0 Å². The molecule has 266 valence electrons. The zero-order valence-electron chi connectivity index (χ0n) is 30.9. The van der Waals surface area contributed by atoms with Gasteiger partial charge >= 0.3 is 0 Å². The van der Waals surface area contributed by atoms with Gasteiger partial charge in [0.05, 0.1) is 34.1 Å². The van der Waals surface area contributed by atoms with E-state index in [1.165, 1.54) is 10.8 Å². The summed E-state index contributed by atoms with van der Waals surface area (Å²) in [5, 5.41) is 12.0. The lowest BCUT2D eigenvalue weighted by Gasteiger charge is -2.15. The highest BCUT2D eigenvalue weighted by Gasteiger charge is 2.19. The van der Waals surface area contributed by atoms with Crippen molar-refractivity contribution in [1.29, 1.82) is 5.26 Å². The molecule has 10 aromatic rings. The molecule has 0 fully saturated rings. The van der Waals surface area contributed by atoms with Gasteiger partial charge in [-0.3, -0.25) is 0 Å². The van der Waals surface area contributed by atoms with Gasteiger partial charge in [0.15, 0.2) is 5.82 Å². The summed E-state index contributed by atoms with van der Waals surface area (Å²) in [6, 6.07) is 74.0. The van der Waals surface area contributed by atoms with Crippen molar-refractivity contribution >= 4 is 21.8 Å². The van der Waals surface area contributed by atoms with Crippen LogP contribution in [0.3, 0.4) is 0 Å². The van der Waals surface area contributed by atoms with E-state index in [1.54, 1.807) is 0 Å². The molecule has 0 atom stereocenters. The maximum absolute atomic E-state index is 9.64. The van der Waals surface area contributed by atoms with Crippen LogP contribution in [0, 0.1) is 11.3 Å². The standard InChI is InChI=1S/C53H34N4/c54-35-36-21-23-39(24-22-36)44-29-45(53-55-49(40-17-9-3-10-18-40)34-50(56-53)41-19-11-4-12-20-41)31-46(30-44)57-51-32-42(37-13-5-1-6-14-37)25-27-47(51)48-28-26-43(33-52(48)57)38-15-7-2-8-16-38/h1-34H. The molecule has 8 aromatic carbocycles. The van der Waals surface area contributed by atoms with Gasteiger partial charge in [0.25, 0.3) is 0 Å². The molecule has 0 saturated heterocycles. The van der Waals surface area contributed by atoms with Crippen molar-refractivity contribution in [3.05, 3.63) is 212 Å². The lowest BCUT2D eigenvalue weighted by atomic mass is 9.99. The molecule has 0 spiro atoms. The van der Waals surface area contributed by atoms with Crippen LogP contribution < -0.4 is 0 Å². The average Bonchev–Trinajstić information content (AvgIpc) is 3.63. The second-order valence-corrected chi connectivity index (χ2v) is 14.2. The summed E-state index contributed by atoms with van der Waals surface area (Å²) in [4.78, 5) is 10.5. The molecule has 0 bridgehead atoms. The fraction of sp³-hybridized carbons (Fsp3) is 0. The van der Waals surface area contributed by atoms with Gasteiger partial charge in [0, 0.05) is 33.2 Å². The van der Waals surface area contributed by atoms with Crippen LogP contribution in [0.4, 0.5) is 0 Å². The summed E-state index contributed by atoms with van der Waals surface area (Å²) in [7, 11) is 0. The second kappa shape index (κ2) is 14.4. The van der Waals surface area contributed by atoms with Gasteiger partial charge in [0.2, 0.25) is 0 Å². The van der Waals surface area contributed by atoms with Gasteiger partial charge in [-0.25, -0.2) is 9.97 Å². The van der Waals surface area contributed by atoms with Crippen molar-refractivity contribution in [3.63, 3.8) is 0 Å². The summed E-state index contributed by atoms with van der Waals surface area (Å²) in [6.07, 6.45) is 0. The Morgan fingerprint density at radius 2 is 0.772 bits per heavy atom. The number of hydrogen-bond acceptors (Lipinski definition) is 3. The van der Waals surface area contributed by atoms with Crippen molar-refractivity contribution in [2.75, 3.05) is 0 Å². The van der Waals surface area contributed by atoms with Crippen LogP contribution >= 0.6 is 0 Å². The Morgan fingerprint density at radius 3 is 1.25 bits per heavy atom. The summed E-state index contributed by atoms with van der Waals surface area (Å²) < 4.78 is 2.39. The van der Waals surface area contributed by atoms with E-state index in [2.05, 4.69) is 156 Å². The number of fused-ring (bicyclic) bond motifs is 3. The van der Waals surface area contributed by atoms with Crippen LogP contribution in [0.25, 0.3) is 94.8 Å². The smallest absolute Gasteiger partial charge is 0.160 e. The minimum Gasteiger partial charge on any atom is -0.309 e. The number of nitriles is 1. The number of rotatable bonds is 7. The van der Waals surface area contributed by atoms with Crippen LogP contribution in [0.2, 0.25) is 0 Å². The summed E-state index contributed by atoms with van der Waals surface area (Å²) >= 11 is 0. The first-order valence-corrected chi connectivity index (χ1v) is 19.0. The fourth-order valence-corrected chi connectivity index (χ4v) is 7.78. The molecule has 0 radical (unpaired) electrons. The Kier molecular flexibility index (Phi) is 8.52. The molecule has 0 saturated carbocycles. The van der Waals surface area contributed by atoms with E-state index in [-0.39, 0.29) is 0 Å². The molecular weight excluding hydrogens is 693 g/mol. The molecule has 0 amide bonds. The molecule has 0 aliphatic heterocycles. The largest absolute Gasteiger partial charge is 0.309 e. The molecule has 0 unspecified atom stereocenters. The first-order valence-electron chi connectivity index (χ1n) is 19.0. The Balaban J connectivity index is 1.27. The SMILES string of the molecule is N#Cc1ccc(-c2cc(-c3nc(-c4ccccc4)cc(-c4ccccc4)n3)cc(-n3c4cc(-c5ccccc5)ccc4c4ccc(-c5ccccc5)cc43)c2)cc1. The summed E-state index contributed by atoms with van der Waals surface area (Å²) in [6.45, 7) is 0. The molecule has 0 aliphatic rings. The van der Waals surface area contributed by atoms with Crippen molar-refractivity contribution in [2.45, 2.75) is 0 Å². The first-order chi connectivity index (χ1) is 28.2. The third-order valence-electron chi connectivity index (χ3n) is 10.6. The van der Waals surface area contributed by atoms with Crippen LogP contribution in [-0.2, 0) is 0 Å². The molecule has 4 nitrogen and oxygen atoms in total. The van der Waals surface area contributed by atoms with Crippen molar-refractivity contribution in [2.24, 2.45) is 0 Å². The maximum Gasteiger partial charge on any atom is 0.160 e. The zero-order chi connectivity index (χ0) is 38.1. The highest BCUT2D eigenvalue weighted by molar-refractivity contribution is 6.11. The van der Waals surface area contributed by atoms with E-state index in [0.29, 0.717) is 11.4 Å². The van der Waals surface area contributed by atoms with E-state index in [9.17, 15) is 5.26 Å². The van der Waals surface area contributed by atoms with Crippen LogP contribution in [0.15, 0.2) is 206 Å². The zero-order valence-corrected chi connectivity index (χ0v) is 30.9. The molecule has 0 N–H and O–H groups in total. The Morgan fingerprint density at radius 1 is 0.351 bits per heavy atom. The van der Waals surface area contributed by atoms with E-state index in [0.717, 1.165) is 78.2 Å². The second-order valence-electron chi connectivity index (χ2n) is 14.2. The average molecular weight is 727 g/mol. The molecule has 10 rings (SSSR count). The molecule has 2 heterocycles. The number of hydrogen-bond donors (Lipinski definition) is 0. The molecule has 4 heteroatoms. The van der Waals surface area contributed by atoms with Gasteiger partial charge < -0.3 is 4.57 Å². The highest BCUT2D eigenvalue weighted by Crippen LogP contribution is 2.39. The summed E-state index contributed by atoms with van der Waals surface area (Å²) in [5.74, 6) is 0.627. The van der Waals surface area contributed by atoms with Gasteiger partial charge in [-0.2, -0.15) is 5.26 Å².